The molecule has 37 heavy (non-hydrogen) atoms. The summed E-state index contributed by atoms with van der Waals surface area (Å²) in [5.41, 5.74) is 3.02. The molecule has 1 fully saturated rings. The van der Waals surface area contributed by atoms with E-state index in [1.165, 1.54) is 42.1 Å². The molecule has 0 bridgehead atoms. The fourth-order valence-electron chi connectivity index (χ4n) is 4.19. The number of rotatable bonds is 9. The molecule has 5 rings (SSSR count). The largest absolute Gasteiger partial charge is 0.573 e. The summed E-state index contributed by atoms with van der Waals surface area (Å²) in [4.78, 5) is 6.81. The van der Waals surface area contributed by atoms with Gasteiger partial charge in [0, 0.05) is 24.5 Å². The lowest BCUT2D eigenvalue weighted by atomic mass is 10.3. The zero-order valence-corrected chi connectivity index (χ0v) is 20.3. The lowest BCUT2D eigenvalue weighted by molar-refractivity contribution is -0.274. The first-order valence-electron chi connectivity index (χ1n) is 12.0. The molecule has 0 aliphatic carbocycles. The Balaban J connectivity index is 1.18. The fourth-order valence-corrected chi connectivity index (χ4v) is 4.19. The summed E-state index contributed by atoms with van der Waals surface area (Å²) in [6, 6.07) is 11.1. The molecule has 0 amide bonds. The number of halogens is 3. The quantitative estimate of drug-likeness (QED) is 0.423. The van der Waals surface area contributed by atoms with Crippen LogP contribution in [0.5, 0.6) is 11.6 Å². The Labute approximate surface area is 212 Å². The van der Waals surface area contributed by atoms with Crippen LogP contribution in [0.15, 0.2) is 53.8 Å². The molecule has 0 N–H and O–H groups in total. The maximum Gasteiger partial charge on any atom is 0.573 e. The van der Waals surface area contributed by atoms with Crippen molar-refractivity contribution < 1.29 is 27.4 Å². The minimum Gasteiger partial charge on any atom is -0.476 e. The lowest BCUT2D eigenvalue weighted by Gasteiger charge is -2.14. The predicted octanol–water partition coefficient (Wildman–Crippen LogP) is 4.16. The minimum atomic E-state index is -4.74. The van der Waals surface area contributed by atoms with Gasteiger partial charge in [-0.15, -0.1) is 18.3 Å². The molecule has 1 aromatic carbocycles. The van der Waals surface area contributed by atoms with E-state index in [0.29, 0.717) is 36.3 Å². The summed E-state index contributed by atoms with van der Waals surface area (Å²) in [5.74, 6) is 0.635. The third-order valence-electron chi connectivity index (χ3n) is 6.09. The van der Waals surface area contributed by atoms with Gasteiger partial charge in [0.05, 0.1) is 12.2 Å². The van der Waals surface area contributed by atoms with Crippen LogP contribution in [-0.4, -0.2) is 64.9 Å². The number of hydrogen-bond donors (Lipinski definition) is 0. The smallest absolute Gasteiger partial charge is 0.476 e. The maximum atomic E-state index is 12.4. The number of hydrogen-bond acceptors (Lipinski definition) is 8. The zero-order valence-electron chi connectivity index (χ0n) is 20.3. The molecule has 12 heteroatoms. The van der Waals surface area contributed by atoms with E-state index in [2.05, 4.69) is 24.8 Å². The first-order chi connectivity index (χ1) is 17.8. The molecule has 4 heterocycles. The van der Waals surface area contributed by atoms with Crippen LogP contribution in [-0.2, 0) is 11.3 Å². The van der Waals surface area contributed by atoms with Crippen LogP contribution >= 0.6 is 0 Å². The minimum absolute atomic E-state index is 0.115. The summed E-state index contributed by atoms with van der Waals surface area (Å²) in [5, 5.41) is 10.6. The van der Waals surface area contributed by atoms with Crippen LogP contribution in [0, 0.1) is 6.92 Å². The molecule has 0 radical (unpaired) electrons. The third-order valence-corrected chi connectivity index (χ3v) is 6.09. The number of aromatic nitrogens is 3. The molecule has 0 atom stereocenters. The van der Waals surface area contributed by atoms with E-state index >= 15 is 0 Å². The number of anilines is 1. The van der Waals surface area contributed by atoms with Gasteiger partial charge in [-0.05, 0) is 68.8 Å². The second-order valence-corrected chi connectivity index (χ2v) is 8.85. The molecule has 0 unspecified atom stereocenters. The second kappa shape index (κ2) is 10.7. The summed E-state index contributed by atoms with van der Waals surface area (Å²) in [6.45, 7) is 6.40. The number of pyridine rings is 1. The van der Waals surface area contributed by atoms with Crippen molar-refractivity contribution in [2.24, 2.45) is 5.10 Å². The Morgan fingerprint density at radius 2 is 1.84 bits per heavy atom. The van der Waals surface area contributed by atoms with Gasteiger partial charge in [0.2, 0.25) is 5.88 Å². The molecule has 9 nitrogen and oxygen atoms in total. The first kappa shape index (κ1) is 24.9. The number of benzene rings is 1. The van der Waals surface area contributed by atoms with Crippen LogP contribution in [0.25, 0.3) is 0 Å². The molecule has 3 aromatic rings. The summed E-state index contributed by atoms with van der Waals surface area (Å²) < 4.78 is 54.3. The van der Waals surface area contributed by atoms with Crippen molar-refractivity contribution in [3.63, 3.8) is 0 Å². The van der Waals surface area contributed by atoms with Crippen molar-refractivity contribution in [3.05, 3.63) is 65.6 Å². The topological polar surface area (TPSA) is 77.2 Å². The monoisotopic (exact) mass is 516 g/mol. The first-order valence-corrected chi connectivity index (χ1v) is 12.0. The van der Waals surface area contributed by atoms with Gasteiger partial charge >= 0.3 is 6.36 Å². The highest BCUT2D eigenvalue weighted by molar-refractivity contribution is 5.94. The van der Waals surface area contributed by atoms with E-state index in [-0.39, 0.29) is 12.5 Å². The van der Waals surface area contributed by atoms with Crippen LogP contribution in [0.3, 0.4) is 0 Å². The molecule has 196 valence electrons. The Morgan fingerprint density at radius 1 is 1.05 bits per heavy atom. The van der Waals surface area contributed by atoms with Crippen molar-refractivity contribution >= 4 is 11.6 Å². The van der Waals surface area contributed by atoms with Gasteiger partial charge < -0.3 is 14.2 Å². The Kier molecular flexibility index (Phi) is 7.17. The van der Waals surface area contributed by atoms with Gasteiger partial charge in [-0.1, -0.05) is 6.07 Å². The van der Waals surface area contributed by atoms with Gasteiger partial charge in [0.25, 0.3) is 5.90 Å². The number of nitrogens with zero attached hydrogens (tertiary/aromatic N) is 6. The molecule has 1 saturated heterocycles. The number of aryl methyl sites for hydroxylation is 1. The van der Waals surface area contributed by atoms with Gasteiger partial charge in [-0.2, -0.15) is 5.10 Å². The number of hydrazone groups is 1. The Hall–Kier alpha value is -3.80. The van der Waals surface area contributed by atoms with Crippen LogP contribution < -0.4 is 14.5 Å². The number of alkyl halides is 3. The summed E-state index contributed by atoms with van der Waals surface area (Å²) in [6.07, 6.45) is -0.433. The van der Waals surface area contributed by atoms with Crippen molar-refractivity contribution in [2.75, 3.05) is 38.0 Å². The maximum absolute atomic E-state index is 12.4. The van der Waals surface area contributed by atoms with Gasteiger partial charge in [0.1, 0.15) is 18.1 Å². The van der Waals surface area contributed by atoms with Crippen molar-refractivity contribution in [1.29, 1.82) is 0 Å². The Bertz CT molecular complexity index is 1220. The molecule has 2 aromatic heterocycles. The standard InChI is InChI=1S/C25H27F3N6O3/c1-18-14-22(24-31-34(17-36-24)20-5-7-21(8-6-20)37-25(26,27)28)30-33(18)16-19-4-9-23(29-15-19)35-13-12-32-10-2-3-11-32/h4-9,14-15H,2-3,10-13,16-17H2,1H3. The highest BCUT2D eigenvalue weighted by atomic mass is 19.4. The van der Waals surface area contributed by atoms with Crippen LogP contribution in [0.1, 0.15) is 29.8 Å². The molecule has 0 spiro atoms. The fraction of sp³-hybridized carbons (Fsp3) is 0.400. The van der Waals surface area contributed by atoms with E-state index in [4.69, 9.17) is 9.47 Å². The van der Waals surface area contributed by atoms with Gasteiger partial charge in [-0.3, -0.25) is 9.58 Å². The Morgan fingerprint density at radius 3 is 2.54 bits per heavy atom. The predicted molar refractivity (Wildman–Crippen MR) is 130 cm³/mol. The normalized spacial score (nSPS) is 16.1. The van der Waals surface area contributed by atoms with E-state index in [1.807, 2.05) is 29.8 Å². The van der Waals surface area contributed by atoms with Crippen molar-refractivity contribution in [3.8, 4) is 11.6 Å². The third kappa shape index (κ3) is 6.50. The van der Waals surface area contributed by atoms with Crippen LogP contribution in [0.2, 0.25) is 0 Å². The van der Waals surface area contributed by atoms with E-state index < -0.39 is 6.36 Å². The number of likely N-dealkylation sites (tertiary alicyclic amines) is 1. The zero-order chi connectivity index (χ0) is 25.8. The average molecular weight is 517 g/mol. The highest BCUT2D eigenvalue weighted by Gasteiger charge is 2.31. The van der Waals surface area contributed by atoms with E-state index in [0.717, 1.165) is 30.9 Å². The lowest BCUT2D eigenvalue weighted by Crippen LogP contribution is -2.25. The van der Waals surface area contributed by atoms with E-state index in [9.17, 15) is 13.2 Å². The van der Waals surface area contributed by atoms with Gasteiger partial charge in [-0.25, -0.2) is 9.99 Å². The summed E-state index contributed by atoms with van der Waals surface area (Å²) in [7, 11) is 0. The summed E-state index contributed by atoms with van der Waals surface area (Å²) >= 11 is 0. The van der Waals surface area contributed by atoms with Crippen molar-refractivity contribution in [2.45, 2.75) is 32.7 Å². The number of ether oxygens (including phenoxy) is 3. The van der Waals surface area contributed by atoms with Gasteiger partial charge in [0.15, 0.2) is 6.73 Å². The molecular weight excluding hydrogens is 489 g/mol. The highest BCUT2D eigenvalue weighted by Crippen LogP contribution is 2.27. The van der Waals surface area contributed by atoms with Crippen LogP contribution in [0.4, 0.5) is 18.9 Å². The van der Waals surface area contributed by atoms with E-state index in [1.54, 1.807) is 6.20 Å². The molecule has 2 aliphatic heterocycles. The second-order valence-electron chi connectivity index (χ2n) is 8.85. The molecular formula is C25H27F3N6O3. The molecule has 0 saturated carbocycles. The average Bonchev–Trinajstić information content (AvgIpc) is 3.62. The van der Waals surface area contributed by atoms with Crippen molar-refractivity contribution in [1.82, 2.24) is 19.7 Å². The molecule has 2 aliphatic rings. The SMILES string of the molecule is Cc1cc(C2=NN(c3ccc(OC(F)(F)F)cc3)CO2)nn1Cc1ccc(OCCN2CCCC2)nc1.